The molecule has 2 heterocycles. The van der Waals surface area contributed by atoms with E-state index in [0.29, 0.717) is 19.8 Å². The number of aromatic nitrogens is 1. The van der Waals surface area contributed by atoms with Gasteiger partial charge in [0.1, 0.15) is 10.6 Å². The molecule has 1 aliphatic heterocycles. The summed E-state index contributed by atoms with van der Waals surface area (Å²) in [6, 6.07) is 1.26. The van der Waals surface area contributed by atoms with Crippen LogP contribution in [0.1, 0.15) is 23.8 Å². The highest BCUT2D eigenvalue weighted by molar-refractivity contribution is 8.13. The molecule has 106 valence electrons. The Hall–Kier alpha value is -1.05. The third-order valence-corrected chi connectivity index (χ3v) is 4.31. The van der Waals surface area contributed by atoms with Gasteiger partial charge in [0.05, 0.1) is 12.6 Å². The lowest BCUT2D eigenvalue weighted by molar-refractivity contribution is 0.0920. The van der Waals surface area contributed by atoms with Gasteiger partial charge in [0.2, 0.25) is 0 Å². The SMILES string of the molecule is CCn1cc(S(=O)(=O)Cl)cc1C(=O)NC1CCOC1. The number of nitrogens with zero attached hydrogens (tertiary/aromatic N) is 1. The maximum Gasteiger partial charge on any atom is 0.268 e. The van der Waals surface area contributed by atoms with Crippen LogP contribution in [0.25, 0.3) is 0 Å². The number of hydrogen-bond donors (Lipinski definition) is 1. The predicted molar refractivity (Wildman–Crippen MR) is 69.8 cm³/mol. The van der Waals surface area contributed by atoms with Crippen molar-refractivity contribution in [3.05, 3.63) is 18.0 Å². The number of nitrogens with one attached hydrogen (secondary N) is 1. The van der Waals surface area contributed by atoms with Crippen LogP contribution in [0.3, 0.4) is 0 Å². The fourth-order valence-electron chi connectivity index (χ4n) is 1.98. The van der Waals surface area contributed by atoms with Crippen molar-refractivity contribution in [1.29, 1.82) is 0 Å². The second-order valence-electron chi connectivity index (χ2n) is 4.32. The van der Waals surface area contributed by atoms with E-state index < -0.39 is 9.05 Å². The normalized spacial score (nSPS) is 19.6. The Morgan fingerprint density at radius 3 is 2.89 bits per heavy atom. The summed E-state index contributed by atoms with van der Waals surface area (Å²) in [7, 11) is 1.45. The lowest BCUT2D eigenvalue weighted by atomic mass is 10.2. The molecule has 19 heavy (non-hydrogen) atoms. The summed E-state index contributed by atoms with van der Waals surface area (Å²) in [5.74, 6) is -0.316. The molecule has 1 aromatic rings. The summed E-state index contributed by atoms with van der Waals surface area (Å²) in [5.41, 5.74) is 0.286. The van der Waals surface area contributed by atoms with Crippen LogP contribution in [0.2, 0.25) is 0 Å². The van der Waals surface area contributed by atoms with Crippen molar-refractivity contribution in [2.24, 2.45) is 0 Å². The molecule has 1 amide bonds. The van der Waals surface area contributed by atoms with Crippen LogP contribution in [0.5, 0.6) is 0 Å². The molecule has 2 rings (SSSR count). The quantitative estimate of drug-likeness (QED) is 0.840. The molecule has 8 heteroatoms. The van der Waals surface area contributed by atoms with Crippen molar-refractivity contribution in [3.8, 4) is 0 Å². The summed E-state index contributed by atoms with van der Waals surface area (Å²) in [6.45, 7) is 3.41. The fraction of sp³-hybridized carbons (Fsp3) is 0.545. The van der Waals surface area contributed by atoms with E-state index in [9.17, 15) is 13.2 Å². The Bertz CT molecular complexity index is 576. The molecule has 0 aromatic carbocycles. The van der Waals surface area contributed by atoms with E-state index in [0.717, 1.165) is 6.42 Å². The molecule has 1 saturated heterocycles. The fourth-order valence-corrected chi connectivity index (χ4v) is 2.74. The zero-order chi connectivity index (χ0) is 14.0. The first-order valence-electron chi connectivity index (χ1n) is 5.95. The molecule has 1 aliphatic rings. The summed E-state index contributed by atoms with van der Waals surface area (Å²) >= 11 is 0. The highest BCUT2D eigenvalue weighted by atomic mass is 35.7. The summed E-state index contributed by atoms with van der Waals surface area (Å²) < 4.78 is 29.3. The van der Waals surface area contributed by atoms with Gasteiger partial charge in [-0.3, -0.25) is 4.79 Å². The van der Waals surface area contributed by atoms with Gasteiger partial charge in [-0.15, -0.1) is 0 Å². The second kappa shape index (κ2) is 5.52. The molecule has 0 bridgehead atoms. The molecule has 0 saturated carbocycles. The monoisotopic (exact) mass is 306 g/mol. The molecule has 1 N–H and O–H groups in total. The maximum atomic E-state index is 12.1. The van der Waals surface area contributed by atoms with Crippen molar-refractivity contribution < 1.29 is 17.9 Å². The number of amides is 1. The van der Waals surface area contributed by atoms with E-state index in [1.54, 1.807) is 4.57 Å². The first-order valence-corrected chi connectivity index (χ1v) is 8.26. The van der Waals surface area contributed by atoms with Gasteiger partial charge in [0.25, 0.3) is 15.0 Å². The number of ether oxygens (including phenoxy) is 1. The largest absolute Gasteiger partial charge is 0.379 e. The first kappa shape index (κ1) is 14.4. The number of halogens is 1. The topological polar surface area (TPSA) is 77.4 Å². The summed E-state index contributed by atoms with van der Waals surface area (Å²) in [5, 5.41) is 2.81. The average molecular weight is 307 g/mol. The van der Waals surface area contributed by atoms with Crippen LogP contribution in [0.4, 0.5) is 0 Å². The van der Waals surface area contributed by atoms with Gasteiger partial charge in [-0.25, -0.2) is 8.42 Å². The maximum absolute atomic E-state index is 12.1. The minimum atomic E-state index is -3.83. The van der Waals surface area contributed by atoms with Crippen molar-refractivity contribution in [2.45, 2.75) is 30.8 Å². The number of rotatable bonds is 4. The minimum Gasteiger partial charge on any atom is -0.379 e. The standard InChI is InChI=1S/C11H15ClN2O4S/c1-2-14-6-9(19(12,16)17)5-10(14)11(15)13-8-3-4-18-7-8/h5-6,8H,2-4,7H2,1H3,(H,13,15). The van der Waals surface area contributed by atoms with Gasteiger partial charge in [-0.2, -0.15) is 0 Å². The van der Waals surface area contributed by atoms with E-state index in [4.69, 9.17) is 15.4 Å². The van der Waals surface area contributed by atoms with Crippen molar-refractivity contribution in [3.63, 3.8) is 0 Å². The Morgan fingerprint density at radius 2 is 2.37 bits per heavy atom. The van der Waals surface area contributed by atoms with E-state index in [2.05, 4.69) is 5.32 Å². The van der Waals surface area contributed by atoms with E-state index in [1.165, 1.54) is 12.3 Å². The van der Waals surface area contributed by atoms with Crippen molar-refractivity contribution in [2.75, 3.05) is 13.2 Å². The summed E-state index contributed by atoms with van der Waals surface area (Å²) in [4.78, 5) is 12.0. The van der Waals surface area contributed by atoms with E-state index in [-0.39, 0.29) is 22.5 Å². The second-order valence-corrected chi connectivity index (χ2v) is 6.88. The Labute approximate surface area is 116 Å². The number of carbonyl (C=O) groups is 1. The number of aryl methyl sites for hydroxylation is 1. The molecule has 1 fully saturated rings. The van der Waals surface area contributed by atoms with Gasteiger partial charge in [-0.05, 0) is 19.4 Å². The van der Waals surface area contributed by atoms with Crippen LogP contribution in [-0.2, 0) is 20.3 Å². The molecule has 0 aliphatic carbocycles. The van der Waals surface area contributed by atoms with Crippen LogP contribution in [-0.4, -0.2) is 38.1 Å². The lowest BCUT2D eigenvalue weighted by Crippen LogP contribution is -2.36. The number of carbonyl (C=O) groups excluding carboxylic acids is 1. The van der Waals surface area contributed by atoms with E-state index >= 15 is 0 Å². The minimum absolute atomic E-state index is 0.0243. The zero-order valence-electron chi connectivity index (χ0n) is 10.4. The molecule has 1 unspecified atom stereocenters. The molecular weight excluding hydrogens is 292 g/mol. The van der Waals surface area contributed by atoms with Gasteiger partial charge in [0, 0.05) is 30.0 Å². The molecule has 1 atom stereocenters. The number of hydrogen-bond acceptors (Lipinski definition) is 4. The average Bonchev–Trinajstić information content (AvgIpc) is 2.95. The Kier molecular flexibility index (Phi) is 4.17. The van der Waals surface area contributed by atoms with E-state index in [1.807, 2.05) is 6.92 Å². The lowest BCUT2D eigenvalue weighted by Gasteiger charge is -2.11. The summed E-state index contributed by atoms with van der Waals surface area (Å²) in [6.07, 6.45) is 2.13. The van der Waals surface area contributed by atoms with Crippen LogP contribution in [0.15, 0.2) is 17.2 Å². The highest BCUT2D eigenvalue weighted by Gasteiger charge is 2.23. The smallest absolute Gasteiger partial charge is 0.268 e. The molecule has 1 aromatic heterocycles. The first-order chi connectivity index (χ1) is 8.91. The highest BCUT2D eigenvalue weighted by Crippen LogP contribution is 2.19. The van der Waals surface area contributed by atoms with Gasteiger partial charge in [-0.1, -0.05) is 0 Å². The van der Waals surface area contributed by atoms with Gasteiger partial charge < -0.3 is 14.6 Å². The molecular formula is C11H15ClN2O4S. The van der Waals surface area contributed by atoms with Crippen LogP contribution >= 0.6 is 10.7 Å². The molecule has 0 spiro atoms. The molecule has 6 nitrogen and oxygen atoms in total. The van der Waals surface area contributed by atoms with Gasteiger partial charge in [0.15, 0.2) is 0 Å². The Balaban J connectivity index is 2.22. The molecule has 0 radical (unpaired) electrons. The third kappa shape index (κ3) is 3.29. The van der Waals surface area contributed by atoms with Crippen LogP contribution in [0, 0.1) is 0 Å². The zero-order valence-corrected chi connectivity index (χ0v) is 12.0. The van der Waals surface area contributed by atoms with Crippen molar-refractivity contribution >= 4 is 25.6 Å². The van der Waals surface area contributed by atoms with Crippen LogP contribution < -0.4 is 5.32 Å². The van der Waals surface area contributed by atoms with Crippen molar-refractivity contribution in [1.82, 2.24) is 9.88 Å². The Morgan fingerprint density at radius 1 is 1.63 bits per heavy atom. The third-order valence-electron chi connectivity index (χ3n) is 2.99. The van der Waals surface area contributed by atoms with Gasteiger partial charge >= 0.3 is 0 Å². The predicted octanol–water partition coefficient (Wildman–Crippen LogP) is 0.954.